The van der Waals surface area contributed by atoms with Crippen molar-refractivity contribution in [1.29, 1.82) is 0 Å². The minimum atomic E-state index is -0.293. The van der Waals surface area contributed by atoms with E-state index in [1.54, 1.807) is 12.1 Å². The molecule has 1 aromatic heterocycles. The lowest BCUT2D eigenvalue weighted by Gasteiger charge is -2.20. The van der Waals surface area contributed by atoms with Gasteiger partial charge in [-0.05, 0) is 66.8 Å². The zero-order chi connectivity index (χ0) is 23.5. The Morgan fingerprint density at radius 2 is 1.75 bits per heavy atom. The molecular weight excluding hydrogens is 401 g/mol. The van der Waals surface area contributed by atoms with E-state index < -0.39 is 0 Å². The first kappa shape index (κ1) is 25.7. The maximum Gasteiger partial charge on any atom is 0.152 e. The van der Waals surface area contributed by atoms with Crippen LogP contribution in [0.4, 0.5) is 4.39 Å². The predicted molar refractivity (Wildman–Crippen MR) is 131 cm³/mol. The zero-order valence-corrected chi connectivity index (χ0v) is 19.9. The van der Waals surface area contributed by atoms with Crippen LogP contribution < -0.4 is 0 Å². The number of hydrogen-bond donors (Lipinski definition) is 0. The van der Waals surface area contributed by atoms with E-state index in [1.807, 2.05) is 13.8 Å². The van der Waals surface area contributed by atoms with Crippen LogP contribution in [0.2, 0.25) is 0 Å². The summed E-state index contributed by atoms with van der Waals surface area (Å²) >= 11 is 0. The number of hydrogen-bond acceptors (Lipinski definition) is 3. The van der Waals surface area contributed by atoms with E-state index in [4.69, 9.17) is 9.72 Å². The Balaban J connectivity index is 0.000000534. The number of allylic oxidation sites excluding steroid dienone is 2. The summed E-state index contributed by atoms with van der Waals surface area (Å²) in [6, 6.07) is 6.32. The van der Waals surface area contributed by atoms with Gasteiger partial charge < -0.3 is 4.74 Å². The highest BCUT2D eigenvalue weighted by atomic mass is 19.1. The van der Waals surface area contributed by atoms with Gasteiger partial charge in [0.2, 0.25) is 0 Å². The van der Waals surface area contributed by atoms with Crippen molar-refractivity contribution in [3.8, 4) is 11.1 Å². The van der Waals surface area contributed by atoms with Crippen molar-refractivity contribution in [1.82, 2.24) is 4.98 Å². The molecule has 172 valence electrons. The number of benzene rings is 1. The van der Waals surface area contributed by atoms with Crippen LogP contribution in [0.15, 0.2) is 48.6 Å². The van der Waals surface area contributed by atoms with Crippen molar-refractivity contribution >= 4 is 6.29 Å². The second-order valence-corrected chi connectivity index (χ2v) is 8.33. The maximum absolute atomic E-state index is 13.4. The van der Waals surface area contributed by atoms with Gasteiger partial charge in [-0.15, -0.1) is 0 Å². The van der Waals surface area contributed by atoms with Crippen LogP contribution in [0.25, 0.3) is 11.1 Å². The minimum absolute atomic E-state index is 0.117. The van der Waals surface area contributed by atoms with Gasteiger partial charge in [-0.2, -0.15) is 0 Å². The van der Waals surface area contributed by atoms with Gasteiger partial charge >= 0.3 is 0 Å². The Morgan fingerprint density at radius 3 is 2.31 bits per heavy atom. The summed E-state index contributed by atoms with van der Waals surface area (Å²) in [7, 11) is 0. The first-order chi connectivity index (χ1) is 15.4. The number of carbonyl (C=O) groups excluding carboxylic acids is 1. The molecule has 0 atom stereocenters. The van der Waals surface area contributed by atoms with Crippen LogP contribution in [0.3, 0.4) is 0 Å². The molecular formula is C28H36FNO2. The van der Waals surface area contributed by atoms with Crippen molar-refractivity contribution in [2.45, 2.75) is 65.7 Å². The molecule has 0 spiro atoms. The quantitative estimate of drug-likeness (QED) is 0.365. The summed E-state index contributed by atoms with van der Waals surface area (Å²) < 4.78 is 19.1. The number of aromatic nitrogens is 1. The van der Waals surface area contributed by atoms with Crippen LogP contribution in [0.5, 0.6) is 0 Å². The molecule has 0 radical (unpaired) electrons. The van der Waals surface area contributed by atoms with E-state index in [9.17, 15) is 9.18 Å². The van der Waals surface area contributed by atoms with Crippen LogP contribution in [-0.2, 0) is 17.6 Å². The van der Waals surface area contributed by atoms with Crippen LogP contribution >= 0.6 is 0 Å². The fraction of sp³-hybridized carbons (Fsp3) is 0.429. The lowest BCUT2D eigenvalue weighted by molar-refractivity contribution is 0.112. The summed E-state index contributed by atoms with van der Waals surface area (Å²) in [6.07, 6.45) is 9.84. The number of fused-ring (bicyclic) bond motifs is 1. The lowest BCUT2D eigenvalue weighted by atomic mass is 9.88. The number of carbonyl (C=O) groups is 1. The second kappa shape index (κ2) is 13.1. The van der Waals surface area contributed by atoms with Crippen LogP contribution in [0, 0.1) is 5.82 Å². The largest absolute Gasteiger partial charge is 0.377 e. The fourth-order valence-corrected chi connectivity index (χ4v) is 3.78. The van der Waals surface area contributed by atoms with Crippen molar-refractivity contribution in [3.05, 3.63) is 76.9 Å². The molecule has 0 saturated heterocycles. The Hall–Kier alpha value is -2.59. The number of ether oxygens (including phenoxy) is 1. The molecule has 1 aliphatic heterocycles. The van der Waals surface area contributed by atoms with E-state index in [0.717, 1.165) is 52.8 Å². The molecule has 2 heterocycles. The van der Waals surface area contributed by atoms with E-state index in [2.05, 4.69) is 32.6 Å². The highest BCUT2D eigenvalue weighted by Crippen LogP contribution is 2.34. The molecule has 1 aromatic carbocycles. The summed E-state index contributed by atoms with van der Waals surface area (Å²) in [5.74, 6) is -0.175. The number of rotatable bonds is 5. The molecule has 0 N–H and O–H groups in total. The standard InChI is InChI=1S/C22H24FNO2.C6H12/c1-14(2)22-19(12-25)21(16-5-7-17(23)8-6-16)18-10-11-26-13-15(3)4-9-20(18)24-22;1-3-5-6-4-2/h5-8,12,14H,3-4,9-11,13H2,1-2H3;5-6H,3-4H2,1-2H3/b;6-5-. The second-order valence-electron chi connectivity index (χ2n) is 8.33. The van der Waals surface area contributed by atoms with Crippen molar-refractivity contribution in [2.24, 2.45) is 0 Å². The Kier molecular flexibility index (Phi) is 10.5. The molecule has 0 bridgehead atoms. The molecule has 2 aromatic rings. The topological polar surface area (TPSA) is 39.2 Å². The number of aldehydes is 1. The fourth-order valence-electron chi connectivity index (χ4n) is 3.78. The molecule has 4 heteroatoms. The number of halogens is 1. The van der Waals surface area contributed by atoms with Gasteiger partial charge in [0, 0.05) is 11.3 Å². The highest BCUT2D eigenvalue weighted by Gasteiger charge is 2.22. The molecule has 0 amide bonds. The minimum Gasteiger partial charge on any atom is -0.377 e. The Labute approximate surface area is 192 Å². The van der Waals surface area contributed by atoms with Gasteiger partial charge in [0.1, 0.15) is 5.82 Å². The van der Waals surface area contributed by atoms with Gasteiger partial charge in [-0.3, -0.25) is 9.78 Å². The average molecular weight is 438 g/mol. The van der Waals surface area contributed by atoms with E-state index >= 15 is 0 Å². The molecule has 3 rings (SSSR count). The number of pyridine rings is 1. The van der Waals surface area contributed by atoms with Gasteiger partial charge in [-0.1, -0.05) is 64.1 Å². The van der Waals surface area contributed by atoms with Crippen LogP contribution in [0.1, 0.15) is 80.2 Å². The predicted octanol–water partition coefficient (Wildman–Crippen LogP) is 7.25. The highest BCUT2D eigenvalue weighted by molar-refractivity contribution is 5.91. The van der Waals surface area contributed by atoms with Gasteiger partial charge in [0.25, 0.3) is 0 Å². The third kappa shape index (κ3) is 6.96. The normalized spacial score (nSPS) is 14.2. The van der Waals surface area contributed by atoms with Crippen molar-refractivity contribution in [2.75, 3.05) is 13.2 Å². The van der Waals surface area contributed by atoms with E-state index in [-0.39, 0.29) is 11.7 Å². The van der Waals surface area contributed by atoms with Gasteiger partial charge in [0.15, 0.2) is 6.29 Å². The molecule has 0 fully saturated rings. The SMILES string of the molecule is C=C1CCc2nc(C(C)C)c(C=O)c(-c3ccc(F)cc3)c2CCOC1.CC/C=C\CC. The van der Waals surface area contributed by atoms with Crippen LogP contribution in [-0.4, -0.2) is 24.5 Å². The first-order valence-electron chi connectivity index (χ1n) is 11.6. The van der Waals surface area contributed by atoms with E-state index in [0.29, 0.717) is 25.2 Å². The Morgan fingerprint density at radius 1 is 1.09 bits per heavy atom. The first-order valence-corrected chi connectivity index (χ1v) is 11.6. The molecule has 0 aliphatic carbocycles. The molecule has 32 heavy (non-hydrogen) atoms. The zero-order valence-electron chi connectivity index (χ0n) is 19.9. The summed E-state index contributed by atoms with van der Waals surface area (Å²) in [4.78, 5) is 16.9. The lowest BCUT2D eigenvalue weighted by Crippen LogP contribution is -2.12. The Bertz CT molecular complexity index is 923. The van der Waals surface area contributed by atoms with Crippen molar-refractivity contribution in [3.63, 3.8) is 0 Å². The molecule has 0 saturated carbocycles. The number of nitrogens with zero attached hydrogens (tertiary/aromatic N) is 1. The molecule has 1 aliphatic rings. The smallest absolute Gasteiger partial charge is 0.152 e. The molecule has 3 nitrogen and oxygen atoms in total. The maximum atomic E-state index is 13.4. The van der Waals surface area contributed by atoms with E-state index in [1.165, 1.54) is 25.0 Å². The average Bonchev–Trinajstić information content (AvgIpc) is 2.88. The van der Waals surface area contributed by atoms with Gasteiger partial charge in [0.05, 0.1) is 18.9 Å². The summed E-state index contributed by atoms with van der Waals surface area (Å²) in [5, 5.41) is 0. The summed E-state index contributed by atoms with van der Waals surface area (Å²) in [5.41, 5.74) is 6.17. The third-order valence-electron chi connectivity index (χ3n) is 5.40. The molecule has 0 unspecified atom stereocenters. The van der Waals surface area contributed by atoms with Gasteiger partial charge in [-0.25, -0.2) is 4.39 Å². The summed E-state index contributed by atoms with van der Waals surface area (Å²) in [6.45, 7) is 13.5. The number of aryl methyl sites for hydroxylation is 1. The van der Waals surface area contributed by atoms with Crippen molar-refractivity contribution < 1.29 is 13.9 Å². The monoisotopic (exact) mass is 437 g/mol. The third-order valence-corrected chi connectivity index (χ3v) is 5.40.